The Morgan fingerprint density at radius 1 is 0.962 bits per heavy atom. The maximum Gasteiger partial charge on any atom is 0.309 e. The number of aliphatic carboxylic acids is 1. The van der Waals surface area contributed by atoms with Crippen LogP contribution in [-0.2, 0) is 25.5 Å². The lowest BCUT2D eigenvalue weighted by Crippen LogP contribution is -2.65. The molecule has 4 fully saturated rings. The molecule has 2 aromatic rings. The van der Waals surface area contributed by atoms with E-state index >= 15 is 0 Å². The van der Waals surface area contributed by atoms with E-state index in [0.717, 1.165) is 56.9 Å². The molecule has 8 atom stereocenters. The molecular weight excluding hydrogens is 692 g/mol. The molecule has 2 heterocycles. The van der Waals surface area contributed by atoms with Gasteiger partial charge >= 0.3 is 11.9 Å². The normalized spacial score (nSPS) is 36.4. The van der Waals surface area contributed by atoms with Crippen LogP contribution in [0, 0.1) is 56.2 Å². The number of aromatic nitrogens is 4. The second-order valence-corrected chi connectivity index (χ2v) is 20.0. The molecular formula is C42H57ClN4O6. The Hall–Kier alpha value is -3.14. The fourth-order valence-corrected chi connectivity index (χ4v) is 13.0. The van der Waals surface area contributed by atoms with Gasteiger partial charge in [-0.25, -0.2) is 9.97 Å². The van der Waals surface area contributed by atoms with Gasteiger partial charge in [-0.2, -0.15) is 0 Å². The van der Waals surface area contributed by atoms with Crippen molar-refractivity contribution < 1.29 is 28.6 Å². The maximum absolute atomic E-state index is 14.1. The van der Waals surface area contributed by atoms with Crippen molar-refractivity contribution in [3.8, 4) is 11.7 Å². The number of esters is 1. The summed E-state index contributed by atoms with van der Waals surface area (Å²) in [4.78, 5) is 47.5. The molecule has 1 N–H and O–H groups in total. The average Bonchev–Trinajstić information content (AvgIpc) is 3.64. The molecule has 4 saturated carbocycles. The number of halogens is 1. The first-order chi connectivity index (χ1) is 24.7. The number of ketones is 1. The van der Waals surface area contributed by atoms with Gasteiger partial charge in [0.1, 0.15) is 6.10 Å². The van der Waals surface area contributed by atoms with Gasteiger partial charge in [-0.05, 0) is 111 Å². The number of nitrogens with zero attached hydrogens (tertiary/aromatic N) is 4. The van der Waals surface area contributed by atoms with Crippen LogP contribution in [0.5, 0.6) is 0 Å². The minimum absolute atomic E-state index is 0.000508. The lowest BCUT2D eigenvalue weighted by molar-refractivity contribution is -0.233. The molecule has 5 aliphatic rings. The summed E-state index contributed by atoms with van der Waals surface area (Å²) >= 11 is 6.01. The predicted octanol–water partition coefficient (Wildman–Crippen LogP) is 9.12. The van der Waals surface area contributed by atoms with Crippen LogP contribution in [0.2, 0.25) is 5.02 Å². The van der Waals surface area contributed by atoms with Crippen LogP contribution in [0.3, 0.4) is 0 Å². The van der Waals surface area contributed by atoms with E-state index in [9.17, 15) is 19.5 Å². The number of hydrogen-bond acceptors (Lipinski definition) is 9. The topological polar surface area (TPSA) is 145 Å². The van der Waals surface area contributed by atoms with Gasteiger partial charge in [0.2, 0.25) is 11.7 Å². The standard InChI is InChI=1S/C42H57ClN4O6/c1-23(2)32-26(48)18-42(19-30-46-47-35(53-30)34-44-21-24(43)22-45-34)17-16-40(8)25(33(32)42)10-11-28-39(7)14-13-29(52-31(49)20-37(3,4)36(50)51)38(5,6)27(39)12-15-41(28,40)9/h21-23,25,27-29H,10-20H2,1-9H3,(H,50,51)/t25?,27?,28?,29-,39-,40+,41+,42-/m0/s1. The summed E-state index contributed by atoms with van der Waals surface area (Å²) in [6.07, 6.45) is 11.6. The van der Waals surface area contributed by atoms with Crippen LogP contribution < -0.4 is 0 Å². The number of fused-ring (bicyclic) bond motifs is 7. The van der Waals surface area contributed by atoms with Crippen molar-refractivity contribution in [1.82, 2.24) is 20.2 Å². The summed E-state index contributed by atoms with van der Waals surface area (Å²) < 4.78 is 12.4. The minimum Gasteiger partial charge on any atom is -0.481 e. The number of allylic oxidation sites excluding steroid dienone is 2. The van der Waals surface area contributed by atoms with Crippen molar-refractivity contribution in [3.63, 3.8) is 0 Å². The first kappa shape index (κ1) is 38.1. The van der Waals surface area contributed by atoms with E-state index in [1.54, 1.807) is 13.8 Å². The molecule has 0 spiro atoms. The Bertz CT molecular complexity index is 1850. The lowest BCUT2D eigenvalue weighted by Gasteiger charge is -2.72. The number of carboxylic acids is 1. The predicted molar refractivity (Wildman–Crippen MR) is 199 cm³/mol. The Kier molecular flexibility index (Phi) is 9.14. The van der Waals surface area contributed by atoms with Crippen molar-refractivity contribution in [2.45, 2.75) is 139 Å². The van der Waals surface area contributed by atoms with Gasteiger partial charge in [-0.15, -0.1) is 10.2 Å². The zero-order chi connectivity index (χ0) is 38.5. The van der Waals surface area contributed by atoms with Gasteiger partial charge in [0.15, 0.2) is 5.78 Å². The van der Waals surface area contributed by atoms with Crippen molar-refractivity contribution in [1.29, 1.82) is 0 Å². The van der Waals surface area contributed by atoms with Crippen molar-refractivity contribution >= 4 is 29.3 Å². The van der Waals surface area contributed by atoms with E-state index in [2.05, 4.69) is 68.6 Å². The zero-order valence-corrected chi connectivity index (χ0v) is 33.7. The molecule has 0 amide bonds. The molecule has 3 unspecified atom stereocenters. The molecule has 7 rings (SSSR count). The van der Waals surface area contributed by atoms with Crippen LogP contribution >= 0.6 is 11.6 Å². The lowest BCUT2D eigenvalue weighted by atomic mass is 9.33. The number of rotatable bonds is 8. The highest BCUT2D eigenvalue weighted by atomic mass is 35.5. The van der Waals surface area contributed by atoms with E-state index in [1.807, 2.05) is 0 Å². The van der Waals surface area contributed by atoms with Gasteiger partial charge in [0.25, 0.3) is 5.89 Å². The van der Waals surface area contributed by atoms with E-state index < -0.39 is 17.4 Å². The molecule has 11 heteroatoms. The number of ether oxygens (including phenoxy) is 1. The highest BCUT2D eigenvalue weighted by Gasteiger charge is 2.70. The van der Waals surface area contributed by atoms with Crippen LogP contribution in [0.15, 0.2) is 28.0 Å². The number of carboxylic acid groups (broad SMARTS) is 1. The van der Waals surface area contributed by atoms with E-state index in [0.29, 0.717) is 41.4 Å². The van der Waals surface area contributed by atoms with Crippen molar-refractivity contribution in [2.24, 2.45) is 56.2 Å². The van der Waals surface area contributed by atoms with Crippen molar-refractivity contribution in [3.05, 3.63) is 34.5 Å². The summed E-state index contributed by atoms with van der Waals surface area (Å²) in [5.74, 6) is 1.21. The smallest absolute Gasteiger partial charge is 0.309 e. The Balaban J connectivity index is 1.17. The largest absolute Gasteiger partial charge is 0.481 e. The number of hydrogen-bond donors (Lipinski definition) is 1. The first-order valence-corrected chi connectivity index (χ1v) is 20.1. The Morgan fingerprint density at radius 2 is 1.66 bits per heavy atom. The summed E-state index contributed by atoms with van der Waals surface area (Å²) in [7, 11) is 0. The van der Waals surface area contributed by atoms with Crippen LogP contribution in [0.25, 0.3) is 11.7 Å². The number of carbonyl (C=O) groups excluding carboxylic acids is 2. The fourth-order valence-electron chi connectivity index (χ4n) is 12.9. The molecule has 5 aliphatic carbocycles. The van der Waals surface area contributed by atoms with Crippen LogP contribution in [-0.4, -0.2) is 49.1 Å². The summed E-state index contributed by atoms with van der Waals surface area (Å²) in [6, 6.07) is 0. The highest BCUT2D eigenvalue weighted by Crippen LogP contribution is 2.77. The van der Waals surface area contributed by atoms with E-state index in [1.165, 1.54) is 18.0 Å². The second kappa shape index (κ2) is 12.7. The molecule has 0 radical (unpaired) electrons. The van der Waals surface area contributed by atoms with Crippen molar-refractivity contribution in [2.75, 3.05) is 0 Å². The van der Waals surface area contributed by atoms with Gasteiger partial charge in [0.05, 0.1) is 16.9 Å². The van der Waals surface area contributed by atoms with E-state index in [-0.39, 0.29) is 63.1 Å². The average molecular weight is 749 g/mol. The Labute approximate surface area is 318 Å². The molecule has 2 aromatic heterocycles. The molecule has 288 valence electrons. The monoisotopic (exact) mass is 748 g/mol. The maximum atomic E-state index is 14.1. The second-order valence-electron chi connectivity index (χ2n) is 19.6. The first-order valence-electron chi connectivity index (χ1n) is 19.7. The molecule has 53 heavy (non-hydrogen) atoms. The zero-order valence-electron chi connectivity index (χ0n) is 33.0. The van der Waals surface area contributed by atoms with Gasteiger partial charge in [-0.3, -0.25) is 14.4 Å². The third-order valence-electron chi connectivity index (χ3n) is 15.7. The van der Waals surface area contributed by atoms with Gasteiger partial charge < -0.3 is 14.3 Å². The SMILES string of the molecule is CC(C)C1=C2C3CCC4[C@@]5(C)CC[C@H](OC(=O)CC(C)(C)C(=O)O)C(C)(C)C5CC[C@@]4(C)[C@]3(C)CC[C@@]2(Cc2nnc(-c3ncc(Cl)cn3)o2)CC1=O. The molecule has 0 aromatic carbocycles. The summed E-state index contributed by atoms with van der Waals surface area (Å²) in [6.45, 7) is 19.6. The van der Waals surface area contributed by atoms with E-state index in [4.69, 9.17) is 20.8 Å². The quantitative estimate of drug-likeness (QED) is 0.259. The van der Waals surface area contributed by atoms with Gasteiger partial charge in [-0.1, -0.05) is 65.6 Å². The molecule has 0 aliphatic heterocycles. The Morgan fingerprint density at radius 3 is 2.32 bits per heavy atom. The number of Topliss-reactive ketones (excluding diaryl/α,β-unsaturated/α-hetero) is 1. The van der Waals surface area contributed by atoms with Gasteiger partial charge in [0, 0.05) is 36.1 Å². The summed E-state index contributed by atoms with van der Waals surface area (Å²) in [5.41, 5.74) is 0.741. The fraction of sp³-hybridized carbons (Fsp3) is 0.738. The highest BCUT2D eigenvalue weighted by molar-refractivity contribution is 6.30. The molecule has 0 bridgehead atoms. The minimum atomic E-state index is -1.17. The molecule has 10 nitrogen and oxygen atoms in total. The third-order valence-corrected chi connectivity index (χ3v) is 15.9. The summed E-state index contributed by atoms with van der Waals surface area (Å²) in [5, 5.41) is 18.8. The third kappa shape index (κ3) is 5.81. The van der Waals surface area contributed by atoms with Crippen LogP contribution in [0.1, 0.15) is 132 Å². The molecule has 0 saturated heterocycles. The van der Waals surface area contributed by atoms with Crippen LogP contribution in [0.4, 0.5) is 0 Å². The number of carbonyl (C=O) groups is 3.